The summed E-state index contributed by atoms with van der Waals surface area (Å²) >= 11 is 0. The Bertz CT molecular complexity index is 1360. The number of rotatable bonds is 6. The first-order valence-electron chi connectivity index (χ1n) is 11.5. The zero-order valence-corrected chi connectivity index (χ0v) is 20.8. The fraction of sp³-hybridized carbons (Fsp3) is 0.269. The molecule has 9 nitrogen and oxygen atoms in total. The van der Waals surface area contributed by atoms with Gasteiger partial charge in [0.25, 0.3) is 17.7 Å². The number of carbonyl (C=O) groups is 3. The molecule has 2 aromatic carbocycles. The predicted molar refractivity (Wildman–Crippen MR) is 132 cm³/mol. The fourth-order valence-electron chi connectivity index (χ4n) is 3.98. The molecule has 0 saturated carbocycles. The van der Waals surface area contributed by atoms with E-state index in [1.807, 2.05) is 19.9 Å². The number of benzene rings is 2. The second-order valence-corrected chi connectivity index (χ2v) is 10.7. The molecule has 0 spiro atoms. The Balaban J connectivity index is 1.57. The zero-order chi connectivity index (χ0) is 25.9. The van der Waals surface area contributed by atoms with E-state index in [9.17, 15) is 22.8 Å². The van der Waals surface area contributed by atoms with Crippen LogP contribution in [0.3, 0.4) is 0 Å². The van der Waals surface area contributed by atoms with E-state index in [2.05, 4.69) is 5.32 Å². The molecule has 3 aromatic rings. The van der Waals surface area contributed by atoms with Gasteiger partial charge in [0.2, 0.25) is 15.2 Å². The molecular weight excluding hydrogens is 482 g/mol. The maximum absolute atomic E-state index is 13.6. The second-order valence-electron chi connectivity index (χ2n) is 8.68. The maximum Gasteiger partial charge on any atom is 0.289 e. The standard InChI is InChI=1S/C26H27N3O6S/c1-18-8-10-21(11-9-18)36(33,34)24(27-23(30)20-6-3-5-19(2)17-20)26(32)29-14-12-28(13-15-29)25(31)22-7-4-16-35-22/h3-11,16-17,24H,12-15H2,1-2H3,(H,27,30). The summed E-state index contributed by atoms with van der Waals surface area (Å²) in [6, 6.07) is 16.0. The molecule has 1 aliphatic rings. The largest absolute Gasteiger partial charge is 0.459 e. The van der Waals surface area contributed by atoms with Crippen LogP contribution in [0.2, 0.25) is 0 Å². The third kappa shape index (κ3) is 5.33. The molecule has 1 saturated heterocycles. The number of piperazine rings is 1. The van der Waals surface area contributed by atoms with Gasteiger partial charge in [0.1, 0.15) is 0 Å². The SMILES string of the molecule is Cc1ccc(S(=O)(=O)C(NC(=O)c2cccc(C)c2)C(=O)N2CCN(C(=O)c3ccco3)CC2)cc1. The molecule has 2 heterocycles. The monoisotopic (exact) mass is 509 g/mol. The van der Waals surface area contributed by atoms with Crippen molar-refractivity contribution >= 4 is 27.6 Å². The lowest BCUT2D eigenvalue weighted by Gasteiger charge is -2.36. The van der Waals surface area contributed by atoms with Crippen LogP contribution in [0, 0.1) is 13.8 Å². The molecule has 4 rings (SSSR count). The van der Waals surface area contributed by atoms with Crippen molar-refractivity contribution in [1.82, 2.24) is 15.1 Å². The Labute approximate surface area is 209 Å². The van der Waals surface area contributed by atoms with Crippen LogP contribution in [0.4, 0.5) is 0 Å². The van der Waals surface area contributed by atoms with Gasteiger partial charge >= 0.3 is 0 Å². The number of nitrogens with one attached hydrogen (secondary N) is 1. The molecule has 1 N–H and O–H groups in total. The van der Waals surface area contributed by atoms with E-state index in [0.29, 0.717) is 0 Å². The minimum Gasteiger partial charge on any atom is -0.459 e. The second kappa shape index (κ2) is 10.4. The first kappa shape index (κ1) is 25.2. The highest BCUT2D eigenvalue weighted by Crippen LogP contribution is 2.20. The molecular formula is C26H27N3O6S. The van der Waals surface area contributed by atoms with Crippen LogP contribution in [-0.2, 0) is 14.6 Å². The topological polar surface area (TPSA) is 117 Å². The summed E-state index contributed by atoms with van der Waals surface area (Å²) in [5.74, 6) is -1.52. The van der Waals surface area contributed by atoms with Crippen LogP contribution >= 0.6 is 0 Å². The van der Waals surface area contributed by atoms with Gasteiger partial charge in [-0.3, -0.25) is 14.4 Å². The van der Waals surface area contributed by atoms with Crippen molar-refractivity contribution < 1.29 is 27.2 Å². The number of nitrogens with zero attached hydrogens (tertiary/aromatic N) is 2. The fourth-order valence-corrected chi connectivity index (χ4v) is 5.44. The van der Waals surface area contributed by atoms with Gasteiger partial charge in [-0.05, 0) is 50.2 Å². The molecule has 1 atom stereocenters. The molecule has 188 valence electrons. The average molecular weight is 510 g/mol. The van der Waals surface area contributed by atoms with Gasteiger partial charge in [0, 0.05) is 31.7 Å². The maximum atomic E-state index is 13.6. The quantitative estimate of drug-likeness (QED) is 0.546. The van der Waals surface area contributed by atoms with Crippen molar-refractivity contribution in [2.45, 2.75) is 24.1 Å². The van der Waals surface area contributed by atoms with Crippen molar-refractivity contribution in [3.05, 3.63) is 89.4 Å². The van der Waals surface area contributed by atoms with Gasteiger partial charge < -0.3 is 19.5 Å². The van der Waals surface area contributed by atoms with E-state index in [1.165, 1.54) is 28.2 Å². The van der Waals surface area contributed by atoms with Gasteiger partial charge in [0.15, 0.2) is 5.76 Å². The zero-order valence-electron chi connectivity index (χ0n) is 20.0. The van der Waals surface area contributed by atoms with Gasteiger partial charge in [0.05, 0.1) is 11.2 Å². The molecule has 1 aliphatic heterocycles. The number of furan rings is 1. The van der Waals surface area contributed by atoms with Gasteiger partial charge in [-0.15, -0.1) is 0 Å². The Kier molecular flexibility index (Phi) is 7.25. The van der Waals surface area contributed by atoms with Gasteiger partial charge in [-0.1, -0.05) is 35.4 Å². The predicted octanol–water partition coefficient (Wildman–Crippen LogP) is 2.41. The molecule has 36 heavy (non-hydrogen) atoms. The minimum atomic E-state index is -4.26. The Morgan fingerprint density at radius 3 is 2.14 bits per heavy atom. The van der Waals surface area contributed by atoms with E-state index >= 15 is 0 Å². The summed E-state index contributed by atoms with van der Waals surface area (Å²) in [6.45, 7) is 4.27. The van der Waals surface area contributed by atoms with E-state index in [-0.39, 0.29) is 48.3 Å². The van der Waals surface area contributed by atoms with Crippen LogP contribution < -0.4 is 5.32 Å². The Morgan fingerprint density at radius 1 is 0.861 bits per heavy atom. The number of carbonyl (C=O) groups excluding carboxylic acids is 3. The Morgan fingerprint density at radius 2 is 1.53 bits per heavy atom. The van der Waals surface area contributed by atoms with E-state index < -0.39 is 27.0 Å². The molecule has 1 fully saturated rings. The highest BCUT2D eigenvalue weighted by Gasteiger charge is 2.39. The lowest BCUT2D eigenvalue weighted by Crippen LogP contribution is -2.57. The lowest BCUT2D eigenvalue weighted by molar-refractivity contribution is -0.132. The van der Waals surface area contributed by atoms with Crippen LogP contribution in [-0.4, -0.2) is 67.5 Å². The molecule has 1 aromatic heterocycles. The summed E-state index contributed by atoms with van der Waals surface area (Å²) in [5.41, 5.74) is 1.93. The number of sulfone groups is 1. The first-order valence-corrected chi connectivity index (χ1v) is 13.0. The Hall–Kier alpha value is -3.92. The minimum absolute atomic E-state index is 0.0670. The van der Waals surface area contributed by atoms with Crippen LogP contribution in [0.5, 0.6) is 0 Å². The van der Waals surface area contributed by atoms with Crippen LogP contribution in [0.1, 0.15) is 32.0 Å². The third-order valence-corrected chi connectivity index (χ3v) is 7.91. The molecule has 0 bridgehead atoms. The first-order chi connectivity index (χ1) is 17.2. The summed E-state index contributed by atoms with van der Waals surface area (Å²) < 4.78 is 32.3. The van der Waals surface area contributed by atoms with Gasteiger partial charge in [-0.2, -0.15) is 0 Å². The molecule has 10 heteroatoms. The van der Waals surface area contributed by atoms with Crippen molar-refractivity contribution in [3.8, 4) is 0 Å². The molecule has 3 amide bonds. The van der Waals surface area contributed by atoms with Crippen LogP contribution in [0.25, 0.3) is 0 Å². The molecule has 0 aliphatic carbocycles. The van der Waals surface area contributed by atoms with Crippen molar-refractivity contribution in [3.63, 3.8) is 0 Å². The van der Waals surface area contributed by atoms with E-state index in [0.717, 1.165) is 11.1 Å². The number of amides is 3. The summed E-state index contributed by atoms with van der Waals surface area (Å²) in [5, 5.41) is 0.635. The lowest BCUT2D eigenvalue weighted by atomic mass is 10.1. The molecule has 1 unspecified atom stereocenters. The third-order valence-electron chi connectivity index (χ3n) is 6.04. The van der Waals surface area contributed by atoms with Gasteiger partial charge in [-0.25, -0.2) is 8.42 Å². The highest BCUT2D eigenvalue weighted by molar-refractivity contribution is 7.92. The summed E-state index contributed by atoms with van der Waals surface area (Å²) in [4.78, 5) is 41.9. The molecule has 0 radical (unpaired) electrons. The highest BCUT2D eigenvalue weighted by atomic mass is 32.2. The summed E-state index contributed by atoms with van der Waals surface area (Å²) in [6.07, 6.45) is 1.41. The number of hydrogen-bond donors (Lipinski definition) is 1. The van der Waals surface area contributed by atoms with E-state index in [1.54, 1.807) is 42.5 Å². The normalized spacial score (nSPS) is 14.8. The number of hydrogen-bond acceptors (Lipinski definition) is 6. The average Bonchev–Trinajstić information content (AvgIpc) is 3.42. The van der Waals surface area contributed by atoms with Crippen LogP contribution in [0.15, 0.2) is 76.2 Å². The summed E-state index contributed by atoms with van der Waals surface area (Å²) in [7, 11) is -4.26. The van der Waals surface area contributed by atoms with Crippen molar-refractivity contribution in [2.24, 2.45) is 0 Å². The smallest absolute Gasteiger partial charge is 0.289 e. The number of aryl methyl sites for hydroxylation is 2. The van der Waals surface area contributed by atoms with Crippen molar-refractivity contribution in [1.29, 1.82) is 0 Å². The van der Waals surface area contributed by atoms with Crippen molar-refractivity contribution in [2.75, 3.05) is 26.2 Å². The van der Waals surface area contributed by atoms with E-state index in [4.69, 9.17) is 4.42 Å².